The van der Waals surface area contributed by atoms with Gasteiger partial charge in [0.25, 0.3) is 0 Å². The summed E-state index contributed by atoms with van der Waals surface area (Å²) in [4.78, 5) is 29.9. The Morgan fingerprint density at radius 2 is 0.527 bits per heavy atom. The summed E-state index contributed by atoms with van der Waals surface area (Å²) in [6.07, 6.45) is 0. The van der Waals surface area contributed by atoms with Crippen LogP contribution in [0, 0.1) is 6.92 Å². The normalized spacial score (nSPS) is 11.0. The van der Waals surface area contributed by atoms with Crippen molar-refractivity contribution in [2.24, 2.45) is 0 Å². The predicted octanol–water partition coefficient (Wildman–Crippen LogP) is 11.7. The molecule has 0 aliphatic carbocycles. The molecule has 0 spiro atoms. The van der Waals surface area contributed by atoms with Crippen molar-refractivity contribution in [1.82, 2.24) is 29.9 Å². The van der Waals surface area contributed by atoms with E-state index in [0.717, 1.165) is 61.2 Å². The summed E-state index contributed by atoms with van der Waals surface area (Å²) in [5.74, 6) is 3.54. The topological polar surface area (TPSA) is 77.3 Å². The first kappa shape index (κ1) is 33.4. The van der Waals surface area contributed by atoms with Crippen LogP contribution in [-0.4, -0.2) is 29.9 Å². The molecule has 0 bridgehead atoms. The van der Waals surface area contributed by atoms with Gasteiger partial charge in [0.05, 0.1) is 0 Å². The second-order valence-corrected chi connectivity index (χ2v) is 13.2. The zero-order valence-electron chi connectivity index (χ0n) is 30.1. The SMILES string of the molecule is Cc1nc(-c2ccc(-c3ccccc3)cc2)nc(-c2cc(-c3nc(-c4ccccc4)nc(-c4ccccc4)n3)cc(-c3ccccc3-c3ccccc3)c2)n1. The van der Waals surface area contributed by atoms with Crippen molar-refractivity contribution in [2.45, 2.75) is 6.92 Å². The van der Waals surface area contributed by atoms with E-state index in [9.17, 15) is 0 Å². The Morgan fingerprint density at radius 1 is 0.236 bits per heavy atom. The van der Waals surface area contributed by atoms with E-state index in [-0.39, 0.29) is 0 Å². The number of nitrogens with zero attached hydrogens (tertiary/aromatic N) is 6. The van der Waals surface area contributed by atoms with Gasteiger partial charge in [-0.2, -0.15) is 0 Å². The Morgan fingerprint density at radius 3 is 1.02 bits per heavy atom. The third-order valence-corrected chi connectivity index (χ3v) is 9.47. The second kappa shape index (κ2) is 14.9. The molecule has 7 aromatic carbocycles. The number of aryl methyl sites for hydroxylation is 1. The zero-order chi connectivity index (χ0) is 37.0. The standard InChI is InChI=1S/C49H34N6/c1-33-50-45(39-28-26-35(27-29-39)34-16-6-2-7-17-34)52-48(51-33)41-30-40(44-25-15-14-24-43(44)36-18-8-3-9-19-36)31-42(32-41)49-54-46(37-20-10-4-11-21-37)53-47(55-49)38-22-12-5-13-23-38/h2-32H,1H3. The van der Waals surface area contributed by atoms with E-state index < -0.39 is 0 Å². The monoisotopic (exact) mass is 706 g/mol. The Hall–Kier alpha value is -7.44. The summed E-state index contributed by atoms with van der Waals surface area (Å²) < 4.78 is 0. The first-order chi connectivity index (χ1) is 27.1. The molecule has 0 aliphatic rings. The van der Waals surface area contributed by atoms with Gasteiger partial charge in [-0.05, 0) is 58.5 Å². The summed E-state index contributed by atoms with van der Waals surface area (Å²) in [6.45, 7) is 1.91. The molecule has 6 heteroatoms. The van der Waals surface area contributed by atoms with Crippen molar-refractivity contribution in [3.63, 3.8) is 0 Å². The summed E-state index contributed by atoms with van der Waals surface area (Å²) in [6, 6.07) is 64.0. The van der Waals surface area contributed by atoms with Gasteiger partial charge in [-0.15, -0.1) is 0 Å². The lowest BCUT2D eigenvalue weighted by Crippen LogP contribution is -2.02. The van der Waals surface area contributed by atoms with Crippen LogP contribution >= 0.6 is 0 Å². The van der Waals surface area contributed by atoms with Crippen molar-refractivity contribution >= 4 is 0 Å². The third kappa shape index (κ3) is 7.17. The van der Waals surface area contributed by atoms with E-state index in [4.69, 9.17) is 29.9 Å². The Kier molecular flexibility index (Phi) is 9.04. The van der Waals surface area contributed by atoms with E-state index in [1.165, 1.54) is 0 Å². The fourth-order valence-electron chi connectivity index (χ4n) is 6.77. The Bertz CT molecular complexity index is 2680. The quantitative estimate of drug-likeness (QED) is 0.157. The molecule has 2 heterocycles. The molecular weight excluding hydrogens is 673 g/mol. The van der Waals surface area contributed by atoms with E-state index in [1.54, 1.807) is 0 Å². The smallest absolute Gasteiger partial charge is 0.164 e. The number of hydrogen-bond acceptors (Lipinski definition) is 6. The minimum atomic E-state index is 0.551. The van der Waals surface area contributed by atoms with Crippen LogP contribution in [0.15, 0.2) is 188 Å². The van der Waals surface area contributed by atoms with Crippen LogP contribution in [0.4, 0.5) is 0 Å². The molecule has 0 atom stereocenters. The average molecular weight is 707 g/mol. The minimum absolute atomic E-state index is 0.551. The van der Waals surface area contributed by atoms with Crippen LogP contribution in [-0.2, 0) is 0 Å². The van der Waals surface area contributed by atoms with E-state index in [1.807, 2.05) is 91.9 Å². The summed E-state index contributed by atoms with van der Waals surface area (Å²) in [7, 11) is 0. The van der Waals surface area contributed by atoms with Crippen molar-refractivity contribution in [2.75, 3.05) is 0 Å². The molecule has 0 N–H and O–H groups in total. The molecule has 0 amide bonds. The van der Waals surface area contributed by atoms with Crippen molar-refractivity contribution < 1.29 is 0 Å². The van der Waals surface area contributed by atoms with Gasteiger partial charge >= 0.3 is 0 Å². The highest BCUT2D eigenvalue weighted by Gasteiger charge is 2.18. The Labute approximate surface area is 320 Å². The fraction of sp³-hybridized carbons (Fsp3) is 0.0204. The first-order valence-corrected chi connectivity index (χ1v) is 18.2. The van der Waals surface area contributed by atoms with Gasteiger partial charge in [-0.25, -0.2) is 29.9 Å². The molecule has 2 aromatic heterocycles. The molecule has 0 fully saturated rings. The molecule has 0 radical (unpaired) electrons. The molecule has 0 saturated heterocycles. The van der Waals surface area contributed by atoms with Crippen molar-refractivity contribution in [3.8, 4) is 90.3 Å². The summed E-state index contributed by atoms with van der Waals surface area (Å²) in [5.41, 5.74) is 11.0. The highest BCUT2D eigenvalue weighted by Crippen LogP contribution is 2.37. The van der Waals surface area contributed by atoms with E-state index >= 15 is 0 Å². The Balaban J connectivity index is 1.23. The molecule has 0 saturated carbocycles. The molecule has 0 unspecified atom stereocenters. The lowest BCUT2D eigenvalue weighted by atomic mass is 9.92. The fourth-order valence-corrected chi connectivity index (χ4v) is 6.77. The molecular formula is C49H34N6. The number of aromatic nitrogens is 6. The van der Waals surface area contributed by atoms with Gasteiger partial charge in [0.1, 0.15) is 5.82 Å². The van der Waals surface area contributed by atoms with Gasteiger partial charge in [-0.1, -0.05) is 170 Å². The van der Waals surface area contributed by atoms with Crippen LogP contribution in [0.2, 0.25) is 0 Å². The van der Waals surface area contributed by atoms with E-state index in [0.29, 0.717) is 34.9 Å². The minimum Gasteiger partial charge on any atom is -0.213 e. The maximum absolute atomic E-state index is 5.09. The van der Waals surface area contributed by atoms with Crippen LogP contribution in [0.3, 0.4) is 0 Å². The molecule has 55 heavy (non-hydrogen) atoms. The van der Waals surface area contributed by atoms with Gasteiger partial charge in [0, 0.05) is 27.8 Å². The highest BCUT2D eigenvalue weighted by molar-refractivity contribution is 5.87. The number of rotatable bonds is 8. The van der Waals surface area contributed by atoms with Gasteiger partial charge in [0.2, 0.25) is 0 Å². The third-order valence-electron chi connectivity index (χ3n) is 9.47. The van der Waals surface area contributed by atoms with Crippen LogP contribution in [0.5, 0.6) is 0 Å². The average Bonchev–Trinajstić information content (AvgIpc) is 3.27. The van der Waals surface area contributed by atoms with Crippen molar-refractivity contribution in [3.05, 3.63) is 194 Å². The largest absolute Gasteiger partial charge is 0.213 e. The summed E-state index contributed by atoms with van der Waals surface area (Å²) in [5, 5.41) is 0. The number of hydrogen-bond donors (Lipinski definition) is 0. The first-order valence-electron chi connectivity index (χ1n) is 18.2. The van der Waals surface area contributed by atoms with Gasteiger partial charge < -0.3 is 0 Å². The molecule has 260 valence electrons. The van der Waals surface area contributed by atoms with Crippen molar-refractivity contribution in [1.29, 1.82) is 0 Å². The molecule has 6 nitrogen and oxygen atoms in total. The summed E-state index contributed by atoms with van der Waals surface area (Å²) >= 11 is 0. The molecule has 9 aromatic rings. The van der Waals surface area contributed by atoms with Gasteiger partial charge in [-0.3, -0.25) is 0 Å². The number of benzene rings is 7. The molecule has 9 rings (SSSR count). The maximum Gasteiger partial charge on any atom is 0.164 e. The molecule has 0 aliphatic heterocycles. The lowest BCUT2D eigenvalue weighted by molar-refractivity contribution is 0.992. The van der Waals surface area contributed by atoms with Gasteiger partial charge in [0.15, 0.2) is 29.1 Å². The predicted molar refractivity (Wildman–Crippen MR) is 221 cm³/mol. The lowest BCUT2D eigenvalue weighted by Gasteiger charge is -2.15. The van der Waals surface area contributed by atoms with Crippen LogP contribution < -0.4 is 0 Å². The van der Waals surface area contributed by atoms with Crippen LogP contribution in [0.1, 0.15) is 5.82 Å². The van der Waals surface area contributed by atoms with Crippen LogP contribution in [0.25, 0.3) is 90.3 Å². The zero-order valence-corrected chi connectivity index (χ0v) is 30.1. The van der Waals surface area contributed by atoms with E-state index in [2.05, 4.69) is 103 Å². The maximum atomic E-state index is 5.09. The second-order valence-electron chi connectivity index (χ2n) is 13.2. The highest BCUT2D eigenvalue weighted by atomic mass is 15.0.